The average Bonchev–Trinajstić information content (AvgIpc) is 1.85. The highest BCUT2D eigenvalue weighted by Gasteiger charge is 2.42. The first kappa shape index (κ1) is 4.88. The van der Waals surface area contributed by atoms with Gasteiger partial charge in [0.2, 0.25) is 0 Å². The van der Waals surface area contributed by atoms with Crippen molar-refractivity contribution in [1.82, 2.24) is 3.11 Å². The lowest BCUT2D eigenvalue weighted by Crippen LogP contribution is -2.17. The number of rotatable bonds is 0. The zero-order chi connectivity index (χ0) is 4.85. The maximum Gasteiger partial charge on any atom is 0.0663 e. The van der Waals surface area contributed by atoms with Crippen LogP contribution in [0.3, 0.4) is 0 Å². The van der Waals surface area contributed by atoms with Crippen LogP contribution in [0.25, 0.3) is 0 Å². The second-order valence-electron chi connectivity index (χ2n) is 2.03. The van der Waals surface area contributed by atoms with E-state index >= 15 is 0 Å². The molecule has 3 heteroatoms. The van der Waals surface area contributed by atoms with E-state index in [1.807, 2.05) is 0 Å². The zero-order valence-corrected chi connectivity index (χ0v) is 6.78. The van der Waals surface area contributed by atoms with Crippen molar-refractivity contribution in [3.8, 4) is 0 Å². The summed E-state index contributed by atoms with van der Waals surface area (Å²) < 4.78 is 2.41. The Hall–Kier alpha value is 1.04. The highest BCUT2D eigenvalue weighted by Crippen LogP contribution is 2.47. The third-order valence-electron chi connectivity index (χ3n) is 1.50. The highest BCUT2D eigenvalue weighted by molar-refractivity contribution is 14.1. The second kappa shape index (κ2) is 1.51. The molecule has 0 aromatic carbocycles. The monoisotopic (exact) mass is 227 g/mol. The third-order valence-corrected chi connectivity index (χ3v) is 4.44. The van der Waals surface area contributed by atoms with E-state index in [2.05, 4.69) is 37.7 Å². The van der Waals surface area contributed by atoms with Gasteiger partial charge in [-0.2, -0.15) is 0 Å². The molecule has 0 N–H and O–H groups in total. The van der Waals surface area contributed by atoms with Crippen LogP contribution in [-0.4, -0.2) is 20.3 Å². The Kier molecular flexibility index (Phi) is 1.05. The molecule has 3 fully saturated rings. The van der Waals surface area contributed by atoms with Crippen LogP contribution in [0.2, 0.25) is 0 Å². The summed E-state index contributed by atoms with van der Waals surface area (Å²) in [7, 11) is 0. The Labute approximate surface area is 61.3 Å². The average molecular weight is 227 g/mol. The fraction of sp³-hybridized carbons (Fsp3) is 1.00. The topological polar surface area (TPSA) is 3.24 Å². The summed E-state index contributed by atoms with van der Waals surface area (Å²) in [6.45, 7) is 1.33. The number of halogens is 1. The SMILES string of the molecule is IN1CC2CC1S2. The van der Waals surface area contributed by atoms with Crippen LogP contribution in [0.1, 0.15) is 6.42 Å². The van der Waals surface area contributed by atoms with Crippen LogP contribution < -0.4 is 0 Å². The summed E-state index contributed by atoms with van der Waals surface area (Å²) in [6, 6.07) is 0. The molecule has 0 saturated carbocycles. The third kappa shape index (κ3) is 0.616. The van der Waals surface area contributed by atoms with Crippen molar-refractivity contribution in [3.05, 3.63) is 0 Å². The molecule has 1 nitrogen and oxygen atoms in total. The Morgan fingerprint density at radius 3 is 2.57 bits per heavy atom. The Morgan fingerprint density at radius 2 is 2.43 bits per heavy atom. The van der Waals surface area contributed by atoms with Crippen LogP contribution >= 0.6 is 34.6 Å². The van der Waals surface area contributed by atoms with Gasteiger partial charge in [-0.15, -0.1) is 11.8 Å². The fourth-order valence-electron chi connectivity index (χ4n) is 1.05. The van der Waals surface area contributed by atoms with Crippen LogP contribution in [0, 0.1) is 0 Å². The van der Waals surface area contributed by atoms with Crippen LogP contribution in [0.5, 0.6) is 0 Å². The predicted molar refractivity (Wildman–Crippen MR) is 40.5 cm³/mol. The predicted octanol–water partition coefficient (Wildman–Crippen LogP) is 1.48. The lowest BCUT2D eigenvalue weighted by molar-refractivity contribution is 0.610. The van der Waals surface area contributed by atoms with Crippen LogP contribution in [0.4, 0.5) is 0 Å². The molecule has 40 valence electrons. The molecule has 0 spiro atoms. The van der Waals surface area contributed by atoms with E-state index in [0.717, 1.165) is 10.6 Å². The van der Waals surface area contributed by atoms with Crippen molar-refractivity contribution in [1.29, 1.82) is 0 Å². The summed E-state index contributed by atoms with van der Waals surface area (Å²) in [5.74, 6) is 0. The minimum atomic E-state index is 0.894. The van der Waals surface area contributed by atoms with E-state index in [4.69, 9.17) is 0 Å². The first-order chi connectivity index (χ1) is 3.36. The molecule has 2 unspecified atom stereocenters. The molecule has 7 heavy (non-hydrogen) atoms. The first-order valence-electron chi connectivity index (χ1n) is 2.44. The lowest BCUT2D eigenvalue weighted by atomic mass is 10.3. The molecule has 3 aliphatic heterocycles. The standard InChI is InChI=1S/C4H6INS/c5-6-2-3-1-4(6)7-3/h3-4H,1-2H2. The van der Waals surface area contributed by atoms with Gasteiger partial charge in [-0.05, 0) is 6.42 Å². The van der Waals surface area contributed by atoms with Crippen molar-refractivity contribution in [2.75, 3.05) is 6.54 Å². The van der Waals surface area contributed by atoms with Gasteiger partial charge in [-0.3, -0.25) is 0 Å². The minimum absolute atomic E-state index is 0.894. The maximum absolute atomic E-state index is 2.41. The van der Waals surface area contributed by atoms with Gasteiger partial charge in [0.25, 0.3) is 0 Å². The number of fused-ring (bicyclic) bond motifs is 1. The van der Waals surface area contributed by atoms with Gasteiger partial charge in [0.15, 0.2) is 0 Å². The number of nitrogens with zero attached hydrogens (tertiary/aromatic N) is 1. The number of thioether (sulfide) groups is 1. The molecule has 0 aromatic rings. The van der Waals surface area contributed by atoms with E-state index in [-0.39, 0.29) is 0 Å². The van der Waals surface area contributed by atoms with E-state index in [0.29, 0.717) is 0 Å². The first-order valence-corrected chi connectivity index (χ1v) is 4.35. The maximum atomic E-state index is 2.41. The number of hydrogen-bond donors (Lipinski definition) is 0. The molecule has 0 radical (unpaired) electrons. The fourth-order valence-corrected chi connectivity index (χ4v) is 3.60. The second-order valence-corrected chi connectivity index (χ2v) is 4.75. The summed E-state index contributed by atoms with van der Waals surface area (Å²) in [5.41, 5.74) is 0. The Bertz CT molecular complexity index is 91.7. The molecule has 0 aromatic heterocycles. The highest BCUT2D eigenvalue weighted by atomic mass is 127. The van der Waals surface area contributed by atoms with Crippen molar-refractivity contribution in [2.24, 2.45) is 0 Å². The molecule has 3 heterocycles. The van der Waals surface area contributed by atoms with Gasteiger partial charge in [-0.25, -0.2) is 3.11 Å². The summed E-state index contributed by atoms with van der Waals surface area (Å²) in [5, 5.41) is 1.90. The molecule has 3 saturated heterocycles. The van der Waals surface area contributed by atoms with Gasteiger partial charge in [0, 0.05) is 34.7 Å². The molecular formula is C4H6INS. The molecule has 0 aliphatic carbocycles. The largest absolute Gasteiger partial charge is 0.233 e. The van der Waals surface area contributed by atoms with Crippen molar-refractivity contribution in [2.45, 2.75) is 17.0 Å². The molecule has 2 atom stereocenters. The van der Waals surface area contributed by atoms with Gasteiger partial charge in [0.05, 0.1) is 5.37 Å². The van der Waals surface area contributed by atoms with E-state index in [1.165, 1.54) is 13.0 Å². The van der Waals surface area contributed by atoms with E-state index < -0.39 is 0 Å². The molecule has 2 bridgehead atoms. The smallest absolute Gasteiger partial charge is 0.0663 e. The summed E-state index contributed by atoms with van der Waals surface area (Å²) in [4.78, 5) is 0. The van der Waals surface area contributed by atoms with Crippen LogP contribution in [0.15, 0.2) is 0 Å². The number of hydrogen-bond acceptors (Lipinski definition) is 2. The summed E-state index contributed by atoms with van der Waals surface area (Å²) >= 11 is 4.53. The lowest BCUT2D eigenvalue weighted by Gasteiger charge is -2.21. The molecule has 3 rings (SSSR count). The normalized spacial score (nSPS) is 49.3. The quantitative estimate of drug-likeness (QED) is 0.455. The Balaban J connectivity index is 2.13. The minimum Gasteiger partial charge on any atom is -0.233 e. The molecule has 3 aliphatic rings. The van der Waals surface area contributed by atoms with Gasteiger partial charge >= 0.3 is 0 Å². The van der Waals surface area contributed by atoms with Crippen molar-refractivity contribution in [3.63, 3.8) is 0 Å². The van der Waals surface area contributed by atoms with Crippen molar-refractivity contribution >= 4 is 34.6 Å². The Morgan fingerprint density at radius 1 is 1.71 bits per heavy atom. The molecule has 0 amide bonds. The molecular weight excluding hydrogens is 221 g/mol. The van der Waals surface area contributed by atoms with Gasteiger partial charge in [-0.1, -0.05) is 0 Å². The zero-order valence-electron chi connectivity index (χ0n) is 3.80. The summed E-state index contributed by atoms with van der Waals surface area (Å²) in [6.07, 6.45) is 1.45. The van der Waals surface area contributed by atoms with E-state index in [1.54, 1.807) is 0 Å². The van der Waals surface area contributed by atoms with Crippen LogP contribution in [-0.2, 0) is 0 Å². The van der Waals surface area contributed by atoms with Gasteiger partial charge in [0.1, 0.15) is 0 Å². The van der Waals surface area contributed by atoms with E-state index in [9.17, 15) is 0 Å². The van der Waals surface area contributed by atoms with Crippen molar-refractivity contribution < 1.29 is 0 Å². The van der Waals surface area contributed by atoms with Gasteiger partial charge < -0.3 is 0 Å².